The molecule has 2 aromatic heterocycles. The molecule has 0 radical (unpaired) electrons. The maximum atomic E-state index is 9.41. The molecule has 4 atom stereocenters. The van der Waals surface area contributed by atoms with Gasteiger partial charge < -0.3 is 25.2 Å². The summed E-state index contributed by atoms with van der Waals surface area (Å²) in [5, 5.41) is 9.41. The lowest BCUT2D eigenvalue weighted by atomic mass is 10.1. The van der Waals surface area contributed by atoms with Crippen molar-refractivity contribution < 1.29 is 14.6 Å². The Hall–Kier alpha value is -2.14. The van der Waals surface area contributed by atoms with Crippen LogP contribution >= 0.6 is 0 Å². The van der Waals surface area contributed by atoms with E-state index in [1.165, 1.54) is 6.33 Å². The third kappa shape index (κ3) is 2.84. The van der Waals surface area contributed by atoms with Gasteiger partial charge in [-0.1, -0.05) is 0 Å². The molecule has 1 aliphatic heterocycles. The smallest absolute Gasteiger partial charge is 0.184 e. The number of aliphatic hydroxyl groups is 1. The van der Waals surface area contributed by atoms with Crippen LogP contribution in [0.3, 0.4) is 0 Å². The zero-order chi connectivity index (χ0) is 17.3. The largest absolute Gasteiger partial charge is 0.394 e. The minimum absolute atomic E-state index is 0.183. The van der Waals surface area contributed by atoms with Gasteiger partial charge in [-0.15, -0.1) is 0 Å². The number of aliphatic hydroxyl groups excluding tert-OH is 1. The van der Waals surface area contributed by atoms with Crippen LogP contribution in [0.5, 0.6) is 0 Å². The molecule has 0 aromatic carbocycles. The van der Waals surface area contributed by atoms with E-state index in [2.05, 4.69) is 19.9 Å². The highest BCUT2D eigenvalue weighted by atomic mass is 16.6. The predicted molar refractivity (Wildman–Crippen MR) is 86.9 cm³/mol. The molecule has 10 heteroatoms. The van der Waals surface area contributed by atoms with Crippen molar-refractivity contribution in [2.75, 3.05) is 27.8 Å². The molecule has 130 valence electrons. The standard InChI is InChI=1S/C14H21N7O3/c1-20(2)6-19-12-10-13(17-5-16-12)21(7-18-10)14-11(23-3)9(15)8(4-22)24-14/h5-9,11,14,22H,4,15H2,1-3H3. The molecule has 2 aromatic rings. The average molecular weight is 335 g/mol. The van der Waals surface area contributed by atoms with Crippen LogP contribution in [0.25, 0.3) is 11.2 Å². The van der Waals surface area contributed by atoms with Crippen molar-refractivity contribution in [2.45, 2.75) is 24.5 Å². The molecule has 4 unspecified atom stereocenters. The Balaban J connectivity index is 2.00. The molecular weight excluding hydrogens is 314 g/mol. The highest BCUT2D eigenvalue weighted by molar-refractivity contribution is 5.82. The van der Waals surface area contributed by atoms with Crippen LogP contribution in [0.2, 0.25) is 0 Å². The monoisotopic (exact) mass is 335 g/mol. The number of ether oxygens (including phenoxy) is 2. The number of rotatable bonds is 5. The van der Waals surface area contributed by atoms with E-state index < -0.39 is 24.5 Å². The number of hydrogen-bond acceptors (Lipinski definition) is 8. The quantitative estimate of drug-likeness (QED) is 0.542. The molecule has 24 heavy (non-hydrogen) atoms. The Morgan fingerprint density at radius 3 is 2.92 bits per heavy atom. The third-order valence-electron chi connectivity index (χ3n) is 3.88. The van der Waals surface area contributed by atoms with E-state index in [1.807, 2.05) is 14.1 Å². The zero-order valence-corrected chi connectivity index (χ0v) is 13.8. The van der Waals surface area contributed by atoms with Crippen molar-refractivity contribution in [3.05, 3.63) is 12.7 Å². The minimum Gasteiger partial charge on any atom is -0.394 e. The van der Waals surface area contributed by atoms with Gasteiger partial charge in [0, 0.05) is 21.2 Å². The zero-order valence-electron chi connectivity index (χ0n) is 13.8. The number of aromatic nitrogens is 4. The van der Waals surface area contributed by atoms with Gasteiger partial charge in [0.2, 0.25) is 0 Å². The van der Waals surface area contributed by atoms with Crippen LogP contribution in [-0.2, 0) is 9.47 Å². The first kappa shape index (κ1) is 16.7. The highest BCUT2D eigenvalue weighted by Gasteiger charge is 2.44. The summed E-state index contributed by atoms with van der Waals surface area (Å²) in [4.78, 5) is 18.9. The molecule has 3 N–H and O–H groups in total. The number of methoxy groups -OCH3 is 1. The van der Waals surface area contributed by atoms with Crippen LogP contribution in [0, 0.1) is 0 Å². The Labute approximate surface area is 138 Å². The number of nitrogens with two attached hydrogens (primary N) is 1. The summed E-state index contributed by atoms with van der Waals surface area (Å²) in [5.74, 6) is 0.461. The second kappa shape index (κ2) is 6.77. The van der Waals surface area contributed by atoms with Crippen LogP contribution in [0.15, 0.2) is 17.6 Å². The van der Waals surface area contributed by atoms with Gasteiger partial charge in [-0.25, -0.2) is 19.9 Å². The van der Waals surface area contributed by atoms with Crippen molar-refractivity contribution in [3.63, 3.8) is 0 Å². The van der Waals surface area contributed by atoms with Crippen LogP contribution in [-0.4, -0.2) is 81.9 Å². The first-order valence-electron chi connectivity index (χ1n) is 7.49. The van der Waals surface area contributed by atoms with Gasteiger partial charge in [0.15, 0.2) is 23.2 Å². The first-order chi connectivity index (χ1) is 11.6. The molecule has 0 spiro atoms. The van der Waals surface area contributed by atoms with Crippen LogP contribution < -0.4 is 5.73 Å². The lowest BCUT2D eigenvalue weighted by Crippen LogP contribution is -2.42. The molecule has 0 amide bonds. The maximum Gasteiger partial charge on any atom is 0.184 e. The Morgan fingerprint density at radius 2 is 2.25 bits per heavy atom. The van der Waals surface area contributed by atoms with Crippen LogP contribution in [0.1, 0.15) is 6.23 Å². The molecule has 3 rings (SSSR count). The summed E-state index contributed by atoms with van der Waals surface area (Å²) < 4.78 is 13.0. The van der Waals surface area contributed by atoms with Gasteiger partial charge in [0.25, 0.3) is 0 Å². The maximum absolute atomic E-state index is 9.41. The number of imidazole rings is 1. The highest BCUT2D eigenvalue weighted by Crippen LogP contribution is 2.33. The Morgan fingerprint density at radius 1 is 1.46 bits per heavy atom. The fraction of sp³-hybridized carbons (Fsp3) is 0.571. The minimum atomic E-state index is -0.535. The second-order valence-corrected chi connectivity index (χ2v) is 5.75. The lowest BCUT2D eigenvalue weighted by molar-refractivity contribution is -0.0583. The summed E-state index contributed by atoms with van der Waals surface area (Å²) in [5.41, 5.74) is 7.20. The van der Waals surface area contributed by atoms with Crippen molar-refractivity contribution in [3.8, 4) is 0 Å². The van der Waals surface area contributed by atoms with E-state index in [9.17, 15) is 5.11 Å². The van der Waals surface area contributed by atoms with E-state index in [-0.39, 0.29) is 6.61 Å². The van der Waals surface area contributed by atoms with Gasteiger partial charge in [0.05, 0.1) is 25.3 Å². The molecule has 1 aliphatic rings. The van der Waals surface area contributed by atoms with E-state index in [0.29, 0.717) is 17.0 Å². The molecule has 0 bridgehead atoms. The van der Waals surface area contributed by atoms with Crippen molar-refractivity contribution in [1.82, 2.24) is 24.4 Å². The number of fused-ring (bicyclic) bond motifs is 1. The van der Waals surface area contributed by atoms with E-state index in [1.54, 1.807) is 29.2 Å². The molecule has 1 fully saturated rings. The summed E-state index contributed by atoms with van der Waals surface area (Å²) in [7, 11) is 5.29. The Kier molecular flexibility index (Phi) is 4.71. The van der Waals surface area contributed by atoms with Gasteiger partial charge in [-0.3, -0.25) is 4.57 Å². The van der Waals surface area contributed by atoms with Crippen molar-refractivity contribution in [1.29, 1.82) is 0 Å². The molecular formula is C14H21N7O3. The number of nitrogens with zero attached hydrogens (tertiary/aromatic N) is 6. The van der Waals surface area contributed by atoms with Crippen molar-refractivity contribution in [2.24, 2.45) is 10.7 Å². The van der Waals surface area contributed by atoms with E-state index >= 15 is 0 Å². The number of aliphatic imine (C=N–C) groups is 1. The predicted octanol–water partition coefficient (Wildman–Crippen LogP) is -0.720. The third-order valence-corrected chi connectivity index (χ3v) is 3.88. The molecule has 0 saturated carbocycles. The molecule has 10 nitrogen and oxygen atoms in total. The topological polar surface area (TPSA) is 124 Å². The van der Waals surface area contributed by atoms with Gasteiger partial charge >= 0.3 is 0 Å². The summed E-state index contributed by atoms with van der Waals surface area (Å²) in [6.45, 7) is -0.183. The molecule has 3 heterocycles. The fourth-order valence-electron chi connectivity index (χ4n) is 2.70. The first-order valence-corrected chi connectivity index (χ1v) is 7.49. The molecule has 1 saturated heterocycles. The van der Waals surface area contributed by atoms with Gasteiger partial charge in [0.1, 0.15) is 18.5 Å². The van der Waals surface area contributed by atoms with Crippen molar-refractivity contribution >= 4 is 23.3 Å². The van der Waals surface area contributed by atoms with E-state index in [0.717, 1.165) is 0 Å². The number of hydrogen-bond donors (Lipinski definition) is 2. The van der Waals surface area contributed by atoms with Gasteiger partial charge in [-0.2, -0.15) is 0 Å². The summed E-state index contributed by atoms with van der Waals surface area (Å²) in [6, 6.07) is -0.449. The normalized spacial score (nSPS) is 27.4. The SMILES string of the molecule is COC1C(N)C(CO)OC1n1cnc2c(N=CN(C)C)ncnc21. The second-order valence-electron chi connectivity index (χ2n) is 5.75. The fourth-order valence-corrected chi connectivity index (χ4v) is 2.70. The summed E-state index contributed by atoms with van der Waals surface area (Å²) >= 11 is 0. The average Bonchev–Trinajstić information content (AvgIpc) is 3.13. The summed E-state index contributed by atoms with van der Waals surface area (Å²) in [6.07, 6.45) is 3.18. The van der Waals surface area contributed by atoms with E-state index in [4.69, 9.17) is 15.2 Å². The van der Waals surface area contributed by atoms with Gasteiger partial charge in [-0.05, 0) is 0 Å². The van der Waals surface area contributed by atoms with Crippen LogP contribution in [0.4, 0.5) is 5.82 Å². The lowest BCUT2D eigenvalue weighted by Gasteiger charge is -2.20. The molecule has 0 aliphatic carbocycles. The Bertz CT molecular complexity index is 732.